The van der Waals surface area contributed by atoms with Gasteiger partial charge in [-0.25, -0.2) is 10.3 Å². The second-order valence-electron chi connectivity index (χ2n) is 7.25. The molecule has 0 bridgehead atoms. The summed E-state index contributed by atoms with van der Waals surface area (Å²) in [7, 11) is 0. The molecule has 1 aromatic rings. The first kappa shape index (κ1) is 27.3. The molecule has 1 heterocycles. The molecular weight excluding hydrogens is 424 g/mol. The molecule has 0 saturated carbocycles. The third-order valence-electron chi connectivity index (χ3n) is 4.97. The van der Waals surface area contributed by atoms with Gasteiger partial charge in [-0.2, -0.15) is 0 Å². The number of urea groups is 1. The van der Waals surface area contributed by atoms with Crippen molar-refractivity contribution >= 4 is 23.8 Å². The highest BCUT2D eigenvalue weighted by molar-refractivity contribution is 6.02. The summed E-state index contributed by atoms with van der Waals surface area (Å²) in [6, 6.07) is 8.02. The molecule has 0 spiro atoms. The third kappa shape index (κ3) is 8.74. The van der Waals surface area contributed by atoms with Gasteiger partial charge in [-0.3, -0.25) is 24.5 Å². The summed E-state index contributed by atoms with van der Waals surface area (Å²) in [6.45, 7) is 13.3. The lowest BCUT2D eigenvalue weighted by Crippen LogP contribution is -2.60. The van der Waals surface area contributed by atoms with Crippen LogP contribution in [0.2, 0.25) is 0 Å². The highest BCUT2D eigenvalue weighted by atomic mass is 16.5. The first-order valence-electron chi connectivity index (χ1n) is 10.5. The van der Waals surface area contributed by atoms with Crippen molar-refractivity contribution in [3.05, 3.63) is 73.9 Å². The fourth-order valence-corrected chi connectivity index (χ4v) is 3.21. The van der Waals surface area contributed by atoms with Crippen molar-refractivity contribution in [2.45, 2.75) is 31.7 Å². The SMILES string of the molecule is C=C.C=CC(=C)CCN(CC(=O)NO)C(=O)C1CC(=O)N(CCCc2ccccc2)C(=O)N1. The molecule has 1 aliphatic rings. The van der Waals surface area contributed by atoms with E-state index in [-0.39, 0.29) is 19.5 Å². The van der Waals surface area contributed by atoms with Crippen LogP contribution in [0.3, 0.4) is 0 Å². The summed E-state index contributed by atoms with van der Waals surface area (Å²) < 4.78 is 0. The fraction of sp³-hybridized carbons (Fsp3) is 0.333. The number of imide groups is 1. The molecule has 5 amide bonds. The number of rotatable bonds is 11. The molecule has 1 aliphatic heterocycles. The summed E-state index contributed by atoms with van der Waals surface area (Å²) in [5.41, 5.74) is 3.25. The molecule has 178 valence electrons. The van der Waals surface area contributed by atoms with Crippen LogP contribution in [0.1, 0.15) is 24.8 Å². The summed E-state index contributed by atoms with van der Waals surface area (Å²) in [6.07, 6.45) is 3.02. The zero-order valence-electron chi connectivity index (χ0n) is 18.8. The van der Waals surface area contributed by atoms with E-state index in [2.05, 4.69) is 31.6 Å². The van der Waals surface area contributed by atoms with Crippen LogP contribution in [-0.2, 0) is 20.8 Å². The molecule has 1 saturated heterocycles. The molecule has 1 atom stereocenters. The van der Waals surface area contributed by atoms with Crippen molar-refractivity contribution in [1.29, 1.82) is 0 Å². The summed E-state index contributed by atoms with van der Waals surface area (Å²) in [5, 5.41) is 11.3. The molecule has 0 aromatic heterocycles. The van der Waals surface area contributed by atoms with Crippen LogP contribution < -0.4 is 10.8 Å². The van der Waals surface area contributed by atoms with Crippen molar-refractivity contribution in [1.82, 2.24) is 20.6 Å². The van der Waals surface area contributed by atoms with Gasteiger partial charge in [0.25, 0.3) is 5.91 Å². The van der Waals surface area contributed by atoms with Gasteiger partial charge in [-0.05, 0) is 24.8 Å². The maximum atomic E-state index is 12.9. The van der Waals surface area contributed by atoms with Crippen LogP contribution in [0, 0.1) is 0 Å². The Hall–Kier alpha value is -3.72. The maximum Gasteiger partial charge on any atom is 0.324 e. The number of hydroxylamine groups is 1. The highest BCUT2D eigenvalue weighted by Crippen LogP contribution is 2.13. The Morgan fingerprint density at radius 2 is 1.91 bits per heavy atom. The van der Waals surface area contributed by atoms with Crippen LogP contribution in [0.4, 0.5) is 4.79 Å². The number of aryl methyl sites for hydroxylation is 1. The quantitative estimate of drug-likeness (QED) is 0.204. The molecule has 0 aliphatic carbocycles. The van der Waals surface area contributed by atoms with Crippen LogP contribution in [-0.4, -0.2) is 64.4 Å². The van der Waals surface area contributed by atoms with Gasteiger partial charge in [0.15, 0.2) is 0 Å². The second kappa shape index (κ2) is 14.4. The minimum atomic E-state index is -1.08. The molecule has 1 unspecified atom stereocenters. The van der Waals surface area contributed by atoms with Gasteiger partial charge < -0.3 is 10.2 Å². The number of hydrogen-bond acceptors (Lipinski definition) is 5. The Bertz CT molecular complexity index is 838. The molecule has 9 nitrogen and oxygen atoms in total. The van der Waals surface area contributed by atoms with E-state index in [1.54, 1.807) is 0 Å². The largest absolute Gasteiger partial charge is 0.331 e. The van der Waals surface area contributed by atoms with E-state index >= 15 is 0 Å². The molecular formula is C24H32N4O5. The maximum absolute atomic E-state index is 12.9. The van der Waals surface area contributed by atoms with Gasteiger partial charge >= 0.3 is 6.03 Å². The number of amides is 5. The number of nitrogens with zero attached hydrogens (tertiary/aromatic N) is 2. The molecule has 3 N–H and O–H groups in total. The number of nitrogens with one attached hydrogen (secondary N) is 2. The van der Waals surface area contributed by atoms with Crippen LogP contribution in [0.15, 0.2) is 68.3 Å². The van der Waals surface area contributed by atoms with Crippen molar-refractivity contribution in [2.24, 2.45) is 0 Å². The summed E-state index contributed by atoms with van der Waals surface area (Å²) in [5.74, 6) is -1.81. The Balaban J connectivity index is 0.00000265. The van der Waals surface area contributed by atoms with Gasteiger partial charge in [-0.1, -0.05) is 55.1 Å². The molecule has 33 heavy (non-hydrogen) atoms. The number of benzene rings is 1. The van der Waals surface area contributed by atoms with E-state index in [0.29, 0.717) is 18.4 Å². The lowest BCUT2D eigenvalue weighted by Gasteiger charge is -2.33. The van der Waals surface area contributed by atoms with Gasteiger partial charge in [0.1, 0.15) is 12.6 Å². The van der Waals surface area contributed by atoms with Gasteiger partial charge in [0.05, 0.1) is 6.42 Å². The summed E-state index contributed by atoms with van der Waals surface area (Å²) >= 11 is 0. The van der Waals surface area contributed by atoms with E-state index < -0.39 is 36.3 Å². The molecule has 2 rings (SSSR count). The zero-order chi connectivity index (χ0) is 24.8. The molecule has 0 radical (unpaired) electrons. The average Bonchev–Trinajstić information content (AvgIpc) is 2.84. The molecule has 9 heteroatoms. The van der Waals surface area contributed by atoms with Crippen molar-refractivity contribution in [3.63, 3.8) is 0 Å². The predicted octanol–water partition coefficient (Wildman–Crippen LogP) is 2.20. The smallest absolute Gasteiger partial charge is 0.324 e. The third-order valence-corrected chi connectivity index (χ3v) is 4.97. The number of carbonyl (C=O) groups is 4. The van der Waals surface area contributed by atoms with Crippen molar-refractivity contribution in [3.8, 4) is 0 Å². The van der Waals surface area contributed by atoms with Crippen LogP contribution in [0.5, 0.6) is 0 Å². The van der Waals surface area contributed by atoms with Crippen molar-refractivity contribution in [2.75, 3.05) is 19.6 Å². The van der Waals surface area contributed by atoms with Gasteiger partial charge in [0.2, 0.25) is 11.8 Å². The standard InChI is InChI=1S/C22H28N4O5.C2H4/c1-3-16(2)11-13-25(15-19(27)24-31)21(29)18-14-20(28)26(22(30)23-18)12-7-10-17-8-5-4-6-9-17;1-2/h3-6,8-9,18,31H,1-2,7,10-15H2,(H,23,30)(H,24,27);1-2H2. The van der Waals surface area contributed by atoms with E-state index in [1.165, 1.54) is 16.5 Å². The van der Waals surface area contributed by atoms with Crippen molar-refractivity contribution < 1.29 is 24.4 Å². The number of allylic oxidation sites excluding steroid dienone is 1. The Labute approximate surface area is 194 Å². The van der Waals surface area contributed by atoms with Gasteiger partial charge in [0, 0.05) is 13.1 Å². The lowest BCUT2D eigenvalue weighted by molar-refractivity contribution is -0.143. The molecule has 1 fully saturated rings. The van der Waals surface area contributed by atoms with E-state index in [4.69, 9.17) is 5.21 Å². The van der Waals surface area contributed by atoms with E-state index in [9.17, 15) is 19.2 Å². The lowest BCUT2D eigenvalue weighted by atomic mass is 10.1. The minimum Gasteiger partial charge on any atom is -0.331 e. The minimum absolute atomic E-state index is 0.123. The zero-order valence-corrected chi connectivity index (χ0v) is 18.8. The monoisotopic (exact) mass is 456 g/mol. The Kier molecular flexibility index (Phi) is 11.9. The van der Waals surface area contributed by atoms with Crippen LogP contribution >= 0.6 is 0 Å². The summed E-state index contributed by atoms with van der Waals surface area (Å²) in [4.78, 5) is 51.7. The normalized spacial score (nSPS) is 14.9. The first-order valence-corrected chi connectivity index (χ1v) is 10.5. The highest BCUT2D eigenvalue weighted by Gasteiger charge is 2.37. The average molecular weight is 457 g/mol. The van der Waals surface area contributed by atoms with E-state index in [0.717, 1.165) is 16.9 Å². The number of carbonyl (C=O) groups excluding carboxylic acids is 4. The van der Waals surface area contributed by atoms with E-state index in [1.807, 2.05) is 30.3 Å². The first-order chi connectivity index (χ1) is 15.8. The Morgan fingerprint density at radius 3 is 2.48 bits per heavy atom. The van der Waals surface area contributed by atoms with Crippen LogP contribution in [0.25, 0.3) is 0 Å². The van der Waals surface area contributed by atoms with Gasteiger partial charge in [-0.15, -0.1) is 13.2 Å². The topological polar surface area (TPSA) is 119 Å². The predicted molar refractivity (Wildman–Crippen MR) is 125 cm³/mol. The fourth-order valence-electron chi connectivity index (χ4n) is 3.21. The Morgan fingerprint density at radius 1 is 1.24 bits per heavy atom. The number of hydrogen-bond donors (Lipinski definition) is 3. The molecule has 1 aromatic carbocycles. The second-order valence-corrected chi connectivity index (χ2v) is 7.25.